The zero-order chi connectivity index (χ0) is 14.0. The van der Waals surface area contributed by atoms with E-state index in [0.717, 1.165) is 12.3 Å². The molecular weight excluding hydrogens is 236 g/mol. The fourth-order valence-electron chi connectivity index (χ4n) is 5.85. The lowest BCUT2D eigenvalue weighted by Gasteiger charge is -2.43. The predicted molar refractivity (Wildman–Crippen MR) is 75.5 cm³/mol. The molecule has 6 atom stereocenters. The van der Waals surface area contributed by atoms with Gasteiger partial charge in [-0.1, -0.05) is 32.4 Å². The summed E-state index contributed by atoms with van der Waals surface area (Å²) in [5, 5.41) is 0. The van der Waals surface area contributed by atoms with Gasteiger partial charge in [-0.15, -0.1) is 0 Å². The molecule has 0 radical (unpaired) electrons. The van der Waals surface area contributed by atoms with Crippen molar-refractivity contribution >= 4 is 5.97 Å². The van der Waals surface area contributed by atoms with E-state index in [2.05, 4.69) is 33.8 Å². The molecule has 0 N–H and O–H groups in total. The molecule has 2 fully saturated rings. The molecule has 3 aliphatic carbocycles. The average Bonchev–Trinajstić information content (AvgIpc) is 2.82. The fraction of sp³-hybridized carbons (Fsp3) is 0.824. The molecule has 106 valence electrons. The molecular formula is C17H26O2. The molecule has 2 nitrogen and oxygen atoms in total. The zero-order valence-corrected chi connectivity index (χ0v) is 12.8. The average molecular weight is 262 g/mol. The van der Waals surface area contributed by atoms with Crippen molar-refractivity contribution in [2.45, 2.75) is 60.0 Å². The number of hydrogen-bond donors (Lipinski definition) is 0. The second kappa shape index (κ2) is 3.86. The van der Waals surface area contributed by atoms with Gasteiger partial charge >= 0.3 is 5.97 Å². The van der Waals surface area contributed by atoms with Crippen LogP contribution in [-0.4, -0.2) is 12.1 Å². The summed E-state index contributed by atoms with van der Waals surface area (Å²) in [6.45, 7) is 10.9. The Kier molecular flexibility index (Phi) is 2.69. The number of carbonyl (C=O) groups excluding carboxylic acids is 1. The Morgan fingerprint density at radius 1 is 1.42 bits per heavy atom. The molecule has 0 amide bonds. The van der Waals surface area contributed by atoms with E-state index in [4.69, 9.17) is 4.74 Å². The molecule has 0 bridgehead atoms. The van der Waals surface area contributed by atoms with E-state index >= 15 is 0 Å². The molecule has 3 rings (SSSR count). The third-order valence-corrected chi connectivity index (χ3v) is 6.79. The minimum Gasteiger partial charge on any atom is -0.462 e. The lowest BCUT2D eigenvalue weighted by molar-refractivity contribution is -0.151. The summed E-state index contributed by atoms with van der Waals surface area (Å²) < 4.78 is 5.72. The number of rotatable bonds is 1. The topological polar surface area (TPSA) is 26.3 Å². The molecule has 19 heavy (non-hydrogen) atoms. The van der Waals surface area contributed by atoms with Gasteiger partial charge in [-0.3, -0.25) is 4.79 Å². The SMILES string of the molecule is CC(=O)OC1C[C@H]2[C@H](C)CC[C@]23[C@H](C)C(C)=C[C@]13C. The van der Waals surface area contributed by atoms with E-state index in [0.29, 0.717) is 17.3 Å². The summed E-state index contributed by atoms with van der Waals surface area (Å²) in [5.41, 5.74) is 1.90. The number of allylic oxidation sites excluding steroid dienone is 1. The standard InChI is InChI=1S/C17H26O2/c1-10-6-7-17-12(3)11(2)9-16(17,5)15(8-14(10)17)19-13(4)18/h9-10,12,14-15H,6-8H2,1-5H3/t10-,12-,14+,15?,16-,17+/m1/s1. The van der Waals surface area contributed by atoms with Crippen molar-refractivity contribution in [3.05, 3.63) is 11.6 Å². The Morgan fingerprint density at radius 3 is 2.74 bits per heavy atom. The fourth-order valence-corrected chi connectivity index (χ4v) is 5.85. The van der Waals surface area contributed by atoms with E-state index in [1.807, 2.05) is 0 Å². The van der Waals surface area contributed by atoms with Gasteiger partial charge in [0, 0.05) is 12.3 Å². The zero-order valence-electron chi connectivity index (χ0n) is 12.8. The van der Waals surface area contributed by atoms with Crippen LogP contribution in [0, 0.1) is 28.6 Å². The first kappa shape index (κ1) is 13.2. The molecule has 0 saturated heterocycles. The minimum atomic E-state index is -0.125. The maximum Gasteiger partial charge on any atom is 0.302 e. The third-order valence-electron chi connectivity index (χ3n) is 6.79. The van der Waals surface area contributed by atoms with Crippen molar-refractivity contribution in [2.24, 2.45) is 28.6 Å². The Morgan fingerprint density at radius 2 is 2.11 bits per heavy atom. The molecule has 0 heterocycles. The molecule has 1 spiro atoms. The summed E-state index contributed by atoms with van der Waals surface area (Å²) >= 11 is 0. The molecule has 0 aromatic carbocycles. The Bertz CT molecular complexity index is 452. The molecule has 1 unspecified atom stereocenters. The molecule has 0 aliphatic heterocycles. The van der Waals surface area contributed by atoms with Gasteiger partial charge in [0.1, 0.15) is 6.10 Å². The van der Waals surface area contributed by atoms with Crippen LogP contribution in [-0.2, 0) is 9.53 Å². The van der Waals surface area contributed by atoms with Crippen LogP contribution in [0.25, 0.3) is 0 Å². The first-order valence-electron chi connectivity index (χ1n) is 7.69. The Labute approximate surface area is 116 Å². The summed E-state index contributed by atoms with van der Waals surface area (Å²) in [7, 11) is 0. The van der Waals surface area contributed by atoms with Gasteiger partial charge in [-0.25, -0.2) is 0 Å². The first-order valence-corrected chi connectivity index (χ1v) is 7.69. The summed E-state index contributed by atoms with van der Waals surface area (Å²) in [6.07, 6.45) is 6.20. The summed E-state index contributed by atoms with van der Waals surface area (Å²) in [6, 6.07) is 0. The lowest BCUT2D eigenvalue weighted by Crippen LogP contribution is -2.42. The van der Waals surface area contributed by atoms with Gasteiger partial charge in [0.2, 0.25) is 0 Å². The van der Waals surface area contributed by atoms with Crippen LogP contribution < -0.4 is 0 Å². The van der Waals surface area contributed by atoms with Crippen LogP contribution in [0.3, 0.4) is 0 Å². The van der Waals surface area contributed by atoms with Gasteiger partial charge in [-0.2, -0.15) is 0 Å². The minimum absolute atomic E-state index is 0.0532. The van der Waals surface area contributed by atoms with Crippen LogP contribution in [0.15, 0.2) is 11.6 Å². The van der Waals surface area contributed by atoms with Gasteiger partial charge in [0.25, 0.3) is 0 Å². The quantitative estimate of drug-likeness (QED) is 0.528. The number of esters is 1. The molecule has 3 aliphatic rings. The molecule has 0 aromatic heterocycles. The van der Waals surface area contributed by atoms with E-state index in [9.17, 15) is 4.79 Å². The van der Waals surface area contributed by atoms with Crippen LogP contribution in [0.5, 0.6) is 0 Å². The lowest BCUT2D eigenvalue weighted by atomic mass is 9.61. The van der Waals surface area contributed by atoms with Crippen LogP contribution >= 0.6 is 0 Å². The molecule has 0 aromatic rings. The number of carbonyl (C=O) groups is 1. The van der Waals surface area contributed by atoms with E-state index < -0.39 is 0 Å². The van der Waals surface area contributed by atoms with Gasteiger partial charge in [-0.05, 0) is 49.4 Å². The van der Waals surface area contributed by atoms with Crippen molar-refractivity contribution in [2.75, 3.05) is 0 Å². The van der Waals surface area contributed by atoms with Crippen LogP contribution in [0.4, 0.5) is 0 Å². The largest absolute Gasteiger partial charge is 0.462 e. The normalized spacial score (nSPS) is 51.7. The predicted octanol–water partition coefficient (Wildman–Crippen LogP) is 3.96. The van der Waals surface area contributed by atoms with E-state index in [-0.39, 0.29) is 17.5 Å². The Balaban J connectivity index is 2.06. The van der Waals surface area contributed by atoms with Crippen molar-refractivity contribution in [3.8, 4) is 0 Å². The second-order valence-corrected chi connectivity index (χ2v) is 7.39. The highest BCUT2D eigenvalue weighted by Crippen LogP contribution is 2.73. The highest BCUT2D eigenvalue weighted by molar-refractivity contribution is 5.66. The molecule has 2 heteroatoms. The van der Waals surface area contributed by atoms with Crippen molar-refractivity contribution in [1.29, 1.82) is 0 Å². The smallest absolute Gasteiger partial charge is 0.302 e. The monoisotopic (exact) mass is 262 g/mol. The highest BCUT2D eigenvalue weighted by Gasteiger charge is 2.70. The van der Waals surface area contributed by atoms with Crippen molar-refractivity contribution < 1.29 is 9.53 Å². The maximum atomic E-state index is 11.4. The third kappa shape index (κ3) is 1.41. The van der Waals surface area contributed by atoms with Crippen molar-refractivity contribution in [3.63, 3.8) is 0 Å². The Hall–Kier alpha value is -0.790. The van der Waals surface area contributed by atoms with Gasteiger partial charge in [0.05, 0.1) is 0 Å². The summed E-state index contributed by atoms with van der Waals surface area (Å²) in [5.74, 6) is 1.99. The number of ether oxygens (including phenoxy) is 1. The van der Waals surface area contributed by atoms with Crippen molar-refractivity contribution in [1.82, 2.24) is 0 Å². The second-order valence-electron chi connectivity index (χ2n) is 7.39. The molecule has 2 saturated carbocycles. The highest BCUT2D eigenvalue weighted by atomic mass is 16.5. The maximum absolute atomic E-state index is 11.4. The first-order chi connectivity index (χ1) is 8.83. The van der Waals surface area contributed by atoms with Gasteiger partial charge < -0.3 is 4.74 Å². The van der Waals surface area contributed by atoms with Crippen LogP contribution in [0.1, 0.15) is 53.9 Å². The van der Waals surface area contributed by atoms with E-state index in [1.165, 1.54) is 18.4 Å². The summed E-state index contributed by atoms with van der Waals surface area (Å²) in [4.78, 5) is 11.4. The van der Waals surface area contributed by atoms with Gasteiger partial charge in [0.15, 0.2) is 0 Å². The number of hydrogen-bond acceptors (Lipinski definition) is 2. The van der Waals surface area contributed by atoms with Crippen LogP contribution in [0.2, 0.25) is 0 Å². The van der Waals surface area contributed by atoms with E-state index in [1.54, 1.807) is 6.92 Å².